The van der Waals surface area contributed by atoms with E-state index in [-0.39, 0.29) is 6.54 Å². The summed E-state index contributed by atoms with van der Waals surface area (Å²) in [6.07, 6.45) is 7.44. The molecule has 0 aliphatic heterocycles. The lowest BCUT2D eigenvalue weighted by molar-refractivity contribution is -0.146. The number of aliphatic hydroxyl groups excluding tert-OH is 1. The van der Waals surface area contributed by atoms with Crippen LogP contribution in [0.25, 0.3) is 5.57 Å². The zero-order valence-electron chi connectivity index (χ0n) is 25.4. The van der Waals surface area contributed by atoms with E-state index in [2.05, 4.69) is 59.7 Å². The number of hydrogen-bond donors (Lipinski definition) is 4. The normalized spacial score (nSPS) is 12.6. The fraction of sp³-hybridized carbons (Fsp3) is 0.324. The zero-order chi connectivity index (χ0) is 32.5. The first kappa shape index (κ1) is 36.3. The van der Waals surface area contributed by atoms with Gasteiger partial charge in [0.25, 0.3) is 5.91 Å². The molecule has 0 saturated carbocycles. The van der Waals surface area contributed by atoms with Gasteiger partial charge in [0.15, 0.2) is 6.10 Å². The second-order valence-corrected chi connectivity index (χ2v) is 11.1. The van der Waals surface area contributed by atoms with Crippen LogP contribution in [0.1, 0.15) is 67.4 Å². The minimum Gasteiger partial charge on any atom is -0.479 e. The summed E-state index contributed by atoms with van der Waals surface area (Å²) in [6.45, 7) is 4.62. The maximum Gasteiger partial charge on any atom is 0.334 e. The number of carboxylic acids is 1. The lowest BCUT2D eigenvalue weighted by Crippen LogP contribution is -2.36. The minimum atomic E-state index is -1.61. The highest BCUT2D eigenvalue weighted by molar-refractivity contribution is 6.35. The Morgan fingerprint density at radius 3 is 2.11 bits per heavy atom. The zero-order valence-corrected chi connectivity index (χ0v) is 26.9. The van der Waals surface area contributed by atoms with Crippen LogP contribution in [0.3, 0.4) is 0 Å². The number of benzene rings is 3. The number of carbonyl (C=O) groups excluding carboxylic acids is 2. The van der Waals surface area contributed by atoms with Crippen molar-refractivity contribution in [1.29, 1.82) is 0 Å². The number of carboxylic acid groups (broad SMARTS) is 1. The standard InChI is InChI=1S/C24H28N2O4.C7H5Cl2NO.C3H8/c1-26(21-13-11-19(12-14-21)18-5-3-2-4-6-18)16-17-7-9-20(10-8-17)23(28)25-15-22(27)24(29)30;8-5-1-6(9)3-7(2-5)10-4-11;1-3-2/h5,7-14,22,27H,2-4,6,15-16H2,1H3,(H,25,28)(H,29,30);1-4H,(H,10,11);3H2,1-2H3. The summed E-state index contributed by atoms with van der Waals surface area (Å²) < 4.78 is 0. The van der Waals surface area contributed by atoms with E-state index in [0.717, 1.165) is 17.7 Å². The molecular weight excluding hydrogens is 601 g/mol. The van der Waals surface area contributed by atoms with Crippen molar-refractivity contribution in [3.63, 3.8) is 0 Å². The number of anilines is 2. The number of allylic oxidation sites excluding steroid dienone is 2. The van der Waals surface area contributed by atoms with Gasteiger partial charge in [-0.15, -0.1) is 0 Å². The number of amides is 2. The molecule has 1 aliphatic rings. The van der Waals surface area contributed by atoms with Crippen molar-refractivity contribution in [2.24, 2.45) is 0 Å². The second kappa shape index (κ2) is 19.4. The number of hydrogen-bond acceptors (Lipinski definition) is 5. The molecule has 3 aromatic carbocycles. The average molecular weight is 643 g/mol. The molecule has 236 valence electrons. The summed E-state index contributed by atoms with van der Waals surface area (Å²) in [5.41, 5.74) is 5.94. The lowest BCUT2D eigenvalue weighted by Gasteiger charge is -2.21. The van der Waals surface area contributed by atoms with Crippen LogP contribution in [0.15, 0.2) is 72.8 Å². The Labute approximate surface area is 269 Å². The molecule has 8 nitrogen and oxygen atoms in total. The van der Waals surface area contributed by atoms with Crippen molar-refractivity contribution < 1.29 is 24.6 Å². The molecule has 10 heteroatoms. The van der Waals surface area contributed by atoms with Crippen LogP contribution in [0, 0.1) is 0 Å². The van der Waals surface area contributed by atoms with Gasteiger partial charge in [-0.3, -0.25) is 9.59 Å². The number of aliphatic carboxylic acids is 1. The molecule has 0 spiro atoms. The lowest BCUT2D eigenvalue weighted by atomic mass is 9.93. The molecule has 4 N–H and O–H groups in total. The number of aliphatic hydroxyl groups is 1. The summed E-state index contributed by atoms with van der Waals surface area (Å²) in [6, 6.07) is 20.6. The van der Waals surface area contributed by atoms with Crippen molar-refractivity contribution >= 4 is 58.4 Å². The molecule has 1 atom stereocenters. The number of halogens is 2. The van der Waals surface area contributed by atoms with E-state index in [1.807, 2.05) is 19.2 Å². The predicted octanol–water partition coefficient (Wildman–Crippen LogP) is 7.43. The molecule has 0 heterocycles. The molecule has 2 amide bonds. The molecule has 0 saturated heterocycles. The Morgan fingerprint density at radius 2 is 1.59 bits per heavy atom. The SMILES string of the molecule is CCC.CN(Cc1ccc(C(=O)NCC(O)C(=O)O)cc1)c1ccc(C2=CCCCC2)cc1.O=CNc1cc(Cl)cc(Cl)c1. The fourth-order valence-electron chi connectivity index (χ4n) is 4.24. The molecule has 0 aromatic heterocycles. The van der Waals surface area contributed by atoms with E-state index < -0.39 is 18.0 Å². The van der Waals surface area contributed by atoms with Crippen molar-refractivity contribution in [1.82, 2.24) is 5.32 Å². The topological polar surface area (TPSA) is 119 Å². The predicted molar refractivity (Wildman–Crippen MR) is 180 cm³/mol. The van der Waals surface area contributed by atoms with Gasteiger partial charge in [-0.05, 0) is 84.8 Å². The first-order chi connectivity index (χ1) is 21.1. The summed E-state index contributed by atoms with van der Waals surface area (Å²) >= 11 is 11.3. The van der Waals surface area contributed by atoms with Crippen LogP contribution < -0.4 is 15.5 Å². The largest absolute Gasteiger partial charge is 0.479 e. The Balaban J connectivity index is 0.000000400. The molecule has 44 heavy (non-hydrogen) atoms. The van der Waals surface area contributed by atoms with Crippen molar-refractivity contribution in [3.05, 3.63) is 99.5 Å². The first-order valence-electron chi connectivity index (χ1n) is 14.5. The number of rotatable bonds is 10. The van der Waals surface area contributed by atoms with E-state index in [0.29, 0.717) is 34.3 Å². The summed E-state index contributed by atoms with van der Waals surface area (Å²) in [7, 11) is 2.03. The van der Waals surface area contributed by atoms with Gasteiger partial charge < -0.3 is 25.7 Å². The van der Waals surface area contributed by atoms with Gasteiger partial charge in [-0.25, -0.2) is 4.79 Å². The van der Waals surface area contributed by atoms with Crippen molar-refractivity contribution in [3.8, 4) is 0 Å². The highest BCUT2D eigenvalue weighted by atomic mass is 35.5. The van der Waals surface area contributed by atoms with Crippen molar-refractivity contribution in [2.75, 3.05) is 23.8 Å². The monoisotopic (exact) mass is 641 g/mol. The molecule has 4 rings (SSSR count). The third-order valence-electron chi connectivity index (χ3n) is 6.43. The second-order valence-electron chi connectivity index (χ2n) is 10.3. The molecule has 0 fully saturated rings. The summed E-state index contributed by atoms with van der Waals surface area (Å²) in [5.74, 6) is -1.78. The molecule has 0 bridgehead atoms. The number of nitrogens with one attached hydrogen (secondary N) is 2. The van der Waals surface area contributed by atoms with Gasteiger partial charge in [0.1, 0.15) is 0 Å². The molecule has 3 aromatic rings. The minimum absolute atomic E-state index is 0.328. The van der Waals surface area contributed by atoms with Crippen LogP contribution in [0.5, 0.6) is 0 Å². The smallest absolute Gasteiger partial charge is 0.334 e. The van der Waals surface area contributed by atoms with Gasteiger partial charge in [-0.2, -0.15) is 0 Å². The third kappa shape index (κ3) is 12.8. The van der Waals surface area contributed by atoms with E-state index >= 15 is 0 Å². The first-order valence-corrected chi connectivity index (χ1v) is 15.3. The van der Waals surface area contributed by atoms with Gasteiger partial charge in [0.2, 0.25) is 6.41 Å². The number of carbonyl (C=O) groups is 3. The molecule has 1 aliphatic carbocycles. The van der Waals surface area contributed by atoms with Crippen LogP contribution in [-0.2, 0) is 16.1 Å². The van der Waals surface area contributed by atoms with Gasteiger partial charge in [-0.1, -0.05) is 73.8 Å². The maximum absolute atomic E-state index is 12.1. The van der Waals surface area contributed by atoms with E-state index in [9.17, 15) is 19.5 Å². The van der Waals surface area contributed by atoms with Gasteiger partial charge in [0, 0.05) is 40.6 Å². The van der Waals surface area contributed by atoms with E-state index in [1.165, 1.54) is 36.8 Å². The summed E-state index contributed by atoms with van der Waals surface area (Å²) in [4.78, 5) is 34.8. The van der Waals surface area contributed by atoms with Gasteiger partial charge >= 0.3 is 5.97 Å². The highest BCUT2D eigenvalue weighted by Crippen LogP contribution is 2.28. The molecule has 1 unspecified atom stereocenters. The van der Waals surface area contributed by atoms with Crippen molar-refractivity contribution in [2.45, 2.75) is 58.6 Å². The summed E-state index contributed by atoms with van der Waals surface area (Å²) in [5, 5.41) is 23.8. The third-order valence-corrected chi connectivity index (χ3v) is 6.87. The Bertz CT molecular complexity index is 1360. The number of nitrogens with zero attached hydrogens (tertiary/aromatic N) is 1. The quantitative estimate of drug-likeness (QED) is 0.171. The highest BCUT2D eigenvalue weighted by Gasteiger charge is 2.15. The van der Waals surface area contributed by atoms with Gasteiger partial charge in [0.05, 0.1) is 6.54 Å². The van der Waals surface area contributed by atoms with Crippen LogP contribution >= 0.6 is 23.2 Å². The van der Waals surface area contributed by atoms with Crippen LogP contribution in [0.2, 0.25) is 10.0 Å². The van der Waals surface area contributed by atoms with Crippen LogP contribution in [0.4, 0.5) is 11.4 Å². The Kier molecular flexibility index (Phi) is 16.1. The fourth-order valence-corrected chi connectivity index (χ4v) is 4.77. The Hall–Kier alpha value is -3.85. The maximum atomic E-state index is 12.1. The Morgan fingerprint density at radius 1 is 0.977 bits per heavy atom. The molecular formula is C34H41Cl2N3O5. The molecule has 0 radical (unpaired) electrons. The van der Waals surface area contributed by atoms with Crippen LogP contribution in [-0.4, -0.2) is 48.2 Å². The van der Waals surface area contributed by atoms with E-state index in [4.69, 9.17) is 28.3 Å². The van der Waals surface area contributed by atoms with E-state index in [1.54, 1.807) is 30.3 Å². The average Bonchev–Trinajstić information content (AvgIpc) is 3.01.